The lowest BCUT2D eigenvalue weighted by Gasteiger charge is -2.57. The van der Waals surface area contributed by atoms with Gasteiger partial charge >= 0.3 is 0 Å². The molecule has 0 bridgehead atoms. The fourth-order valence-electron chi connectivity index (χ4n) is 7.52. The van der Waals surface area contributed by atoms with Crippen LogP contribution in [0, 0.1) is 35.0 Å². The predicted octanol–water partition coefficient (Wildman–Crippen LogP) is 4.14. The predicted molar refractivity (Wildman–Crippen MR) is 88.4 cm³/mol. The van der Waals surface area contributed by atoms with Gasteiger partial charge in [0.25, 0.3) is 0 Å². The summed E-state index contributed by atoms with van der Waals surface area (Å²) in [4.78, 5) is 0. The molecule has 0 aliphatic heterocycles. The fourth-order valence-corrected chi connectivity index (χ4v) is 7.52. The molecule has 0 saturated heterocycles. The molecule has 4 rings (SSSR count). The summed E-state index contributed by atoms with van der Waals surface area (Å²) >= 11 is 0. The Kier molecular flexibility index (Phi) is 3.66. The van der Waals surface area contributed by atoms with Gasteiger partial charge in [-0.05, 0) is 99.2 Å². The standard InChI is InChI=1S/C20H34O2/c1-3-20(22)11-9-18-17-6-4-13-12-14(21)5-7-15(13)16(17)8-10-19(18,20)2/h13-18,21-22H,3-12H2,1-2H3/t13-,14-,15-,16+,17+,18+,19-,20-/m0/s1. The van der Waals surface area contributed by atoms with Gasteiger partial charge in [0.1, 0.15) is 0 Å². The summed E-state index contributed by atoms with van der Waals surface area (Å²) in [6.07, 6.45) is 11.8. The molecule has 22 heavy (non-hydrogen) atoms. The molecule has 4 fully saturated rings. The molecule has 2 nitrogen and oxygen atoms in total. The highest BCUT2D eigenvalue weighted by molar-refractivity contribution is 5.11. The van der Waals surface area contributed by atoms with Crippen LogP contribution in [0.15, 0.2) is 0 Å². The Bertz CT molecular complexity index is 435. The van der Waals surface area contributed by atoms with Crippen LogP contribution in [0.2, 0.25) is 0 Å². The Morgan fingerprint density at radius 2 is 1.68 bits per heavy atom. The van der Waals surface area contributed by atoms with E-state index in [-0.39, 0.29) is 11.5 Å². The minimum atomic E-state index is -0.401. The van der Waals surface area contributed by atoms with E-state index in [0.29, 0.717) is 0 Å². The molecule has 4 aliphatic carbocycles. The van der Waals surface area contributed by atoms with Gasteiger partial charge < -0.3 is 10.2 Å². The zero-order valence-electron chi connectivity index (χ0n) is 14.4. The van der Waals surface area contributed by atoms with Crippen LogP contribution in [0.1, 0.15) is 78.1 Å². The van der Waals surface area contributed by atoms with Crippen molar-refractivity contribution in [1.82, 2.24) is 0 Å². The molecule has 126 valence electrons. The lowest BCUT2D eigenvalue weighted by Crippen LogP contribution is -2.53. The second-order valence-electron chi connectivity index (χ2n) is 9.28. The summed E-state index contributed by atoms with van der Waals surface area (Å²) in [6, 6.07) is 0. The molecular formula is C20H34O2. The van der Waals surface area contributed by atoms with Crippen molar-refractivity contribution < 1.29 is 10.2 Å². The van der Waals surface area contributed by atoms with E-state index in [1.807, 2.05) is 0 Å². The average molecular weight is 306 g/mol. The molecule has 0 amide bonds. The Morgan fingerprint density at radius 3 is 2.45 bits per heavy atom. The van der Waals surface area contributed by atoms with Crippen LogP contribution in [0.3, 0.4) is 0 Å². The highest BCUT2D eigenvalue weighted by Crippen LogP contribution is 2.65. The molecule has 4 aliphatic rings. The van der Waals surface area contributed by atoms with Crippen LogP contribution in [0.25, 0.3) is 0 Å². The van der Waals surface area contributed by atoms with Crippen LogP contribution in [-0.4, -0.2) is 21.9 Å². The second-order valence-corrected chi connectivity index (χ2v) is 9.28. The number of rotatable bonds is 1. The third-order valence-corrected chi connectivity index (χ3v) is 8.83. The van der Waals surface area contributed by atoms with Crippen molar-refractivity contribution >= 4 is 0 Å². The summed E-state index contributed by atoms with van der Waals surface area (Å²) in [7, 11) is 0. The molecule has 0 aromatic carbocycles. The minimum absolute atomic E-state index is 0.0247. The largest absolute Gasteiger partial charge is 0.393 e. The Balaban J connectivity index is 1.58. The molecule has 8 atom stereocenters. The highest BCUT2D eigenvalue weighted by atomic mass is 16.3. The van der Waals surface area contributed by atoms with Crippen LogP contribution in [0.4, 0.5) is 0 Å². The molecule has 2 heteroatoms. The van der Waals surface area contributed by atoms with E-state index >= 15 is 0 Å². The smallest absolute Gasteiger partial charge is 0.0701 e. The van der Waals surface area contributed by atoms with Gasteiger partial charge in [0.15, 0.2) is 0 Å². The summed E-state index contributed by atoms with van der Waals surface area (Å²) in [5.74, 6) is 4.17. The van der Waals surface area contributed by atoms with E-state index in [4.69, 9.17) is 0 Å². The topological polar surface area (TPSA) is 40.5 Å². The summed E-state index contributed by atoms with van der Waals surface area (Å²) in [5.41, 5.74) is -0.230. The molecule has 4 saturated carbocycles. The van der Waals surface area contributed by atoms with Gasteiger partial charge in [0, 0.05) is 0 Å². The zero-order valence-corrected chi connectivity index (χ0v) is 14.4. The van der Waals surface area contributed by atoms with Gasteiger partial charge in [-0.25, -0.2) is 0 Å². The van der Waals surface area contributed by atoms with Crippen molar-refractivity contribution in [3.8, 4) is 0 Å². The zero-order chi connectivity index (χ0) is 15.5. The lowest BCUT2D eigenvalue weighted by molar-refractivity contribution is -0.134. The first-order chi connectivity index (χ1) is 10.5. The van der Waals surface area contributed by atoms with Gasteiger partial charge in [0.2, 0.25) is 0 Å². The van der Waals surface area contributed by atoms with Crippen molar-refractivity contribution in [3.63, 3.8) is 0 Å². The van der Waals surface area contributed by atoms with Crippen molar-refractivity contribution in [2.45, 2.75) is 89.8 Å². The van der Waals surface area contributed by atoms with E-state index in [2.05, 4.69) is 13.8 Å². The minimum Gasteiger partial charge on any atom is -0.393 e. The summed E-state index contributed by atoms with van der Waals surface area (Å²) < 4.78 is 0. The van der Waals surface area contributed by atoms with Gasteiger partial charge in [-0.2, -0.15) is 0 Å². The molecule has 0 heterocycles. The number of aliphatic hydroxyl groups is 2. The quantitative estimate of drug-likeness (QED) is 0.764. The second kappa shape index (κ2) is 5.21. The number of hydrogen-bond donors (Lipinski definition) is 2. The van der Waals surface area contributed by atoms with Crippen LogP contribution in [-0.2, 0) is 0 Å². The van der Waals surface area contributed by atoms with Gasteiger partial charge in [-0.3, -0.25) is 0 Å². The SMILES string of the molecule is CC[C@]1(O)CC[C@@H]2[C@@H]3CC[C@H]4C[C@@H](O)CC[C@@H]4[C@H]3CC[C@@]21C. The lowest BCUT2D eigenvalue weighted by atomic mass is 9.49. The first-order valence-corrected chi connectivity index (χ1v) is 9.89. The summed E-state index contributed by atoms with van der Waals surface area (Å²) in [6.45, 7) is 4.58. The maximum absolute atomic E-state index is 11.2. The van der Waals surface area contributed by atoms with E-state index in [0.717, 1.165) is 55.3 Å². The van der Waals surface area contributed by atoms with E-state index in [1.54, 1.807) is 0 Å². The van der Waals surface area contributed by atoms with E-state index in [9.17, 15) is 10.2 Å². The fraction of sp³-hybridized carbons (Fsp3) is 1.00. The Hall–Kier alpha value is -0.0800. The first kappa shape index (κ1) is 15.4. The van der Waals surface area contributed by atoms with Crippen molar-refractivity contribution in [3.05, 3.63) is 0 Å². The van der Waals surface area contributed by atoms with Crippen LogP contribution in [0.5, 0.6) is 0 Å². The normalized spacial score (nSPS) is 57.8. The van der Waals surface area contributed by atoms with E-state index in [1.165, 1.54) is 38.5 Å². The van der Waals surface area contributed by atoms with Gasteiger partial charge in [0.05, 0.1) is 11.7 Å². The molecule has 0 unspecified atom stereocenters. The molecular weight excluding hydrogens is 272 g/mol. The maximum atomic E-state index is 11.2. The van der Waals surface area contributed by atoms with Gasteiger partial charge in [-0.1, -0.05) is 13.8 Å². The van der Waals surface area contributed by atoms with Crippen molar-refractivity contribution in [2.75, 3.05) is 0 Å². The maximum Gasteiger partial charge on any atom is 0.0701 e. The molecule has 2 N–H and O–H groups in total. The molecule has 0 spiro atoms. The number of aliphatic hydroxyl groups excluding tert-OH is 1. The summed E-state index contributed by atoms with van der Waals surface area (Å²) in [5, 5.41) is 21.2. The third kappa shape index (κ3) is 1.99. The number of hydrogen-bond acceptors (Lipinski definition) is 2. The number of fused-ring (bicyclic) bond motifs is 5. The highest BCUT2D eigenvalue weighted by Gasteiger charge is 2.61. The van der Waals surface area contributed by atoms with E-state index < -0.39 is 5.60 Å². The first-order valence-electron chi connectivity index (χ1n) is 9.89. The molecule has 0 radical (unpaired) electrons. The molecule has 0 aromatic rings. The average Bonchev–Trinajstić information content (AvgIpc) is 2.79. The van der Waals surface area contributed by atoms with Crippen LogP contribution < -0.4 is 0 Å². The monoisotopic (exact) mass is 306 g/mol. The third-order valence-electron chi connectivity index (χ3n) is 8.83. The Labute approximate surface area is 135 Å². The van der Waals surface area contributed by atoms with Crippen molar-refractivity contribution in [2.24, 2.45) is 35.0 Å². The molecule has 0 aromatic heterocycles. The van der Waals surface area contributed by atoms with Crippen LogP contribution >= 0.6 is 0 Å². The van der Waals surface area contributed by atoms with Crippen molar-refractivity contribution in [1.29, 1.82) is 0 Å². The Morgan fingerprint density at radius 1 is 0.909 bits per heavy atom. The van der Waals surface area contributed by atoms with Gasteiger partial charge in [-0.15, -0.1) is 0 Å².